The molecule has 0 saturated carbocycles. The number of benzene rings is 1. The van der Waals surface area contributed by atoms with Crippen LogP contribution in [0.4, 0.5) is 0 Å². The van der Waals surface area contributed by atoms with Crippen molar-refractivity contribution in [3.05, 3.63) is 39.7 Å². The molecule has 2 N–H and O–H groups in total. The molecule has 1 aromatic rings. The molecule has 138 valence electrons. The van der Waals surface area contributed by atoms with Gasteiger partial charge in [-0.05, 0) is 54.6 Å². The molecule has 2 unspecified atom stereocenters. The first-order valence-electron chi connectivity index (χ1n) is 7.71. The summed E-state index contributed by atoms with van der Waals surface area (Å²) >= 11 is 5.06. The lowest BCUT2D eigenvalue weighted by Gasteiger charge is -2.34. The van der Waals surface area contributed by atoms with E-state index in [9.17, 15) is 14.9 Å². The van der Waals surface area contributed by atoms with Gasteiger partial charge >= 0.3 is 11.9 Å². The Kier molecular flexibility index (Phi) is 6.52. The minimum atomic E-state index is -1.74. The second-order valence-corrected chi connectivity index (χ2v) is 7.88. The van der Waals surface area contributed by atoms with Gasteiger partial charge in [0.25, 0.3) is 0 Å². The van der Waals surface area contributed by atoms with E-state index in [0.29, 0.717) is 15.8 Å². The predicted octanol–water partition coefficient (Wildman–Crippen LogP) is 2.92. The highest BCUT2D eigenvalue weighted by Gasteiger charge is 2.53. The van der Waals surface area contributed by atoms with Gasteiger partial charge in [0.15, 0.2) is 0 Å². The third-order valence-corrected chi connectivity index (χ3v) is 5.48. The van der Waals surface area contributed by atoms with Crippen LogP contribution in [0.15, 0.2) is 34.1 Å². The summed E-state index contributed by atoms with van der Waals surface area (Å²) in [7, 11) is 0. The van der Waals surface area contributed by atoms with E-state index in [4.69, 9.17) is 19.9 Å². The molecule has 1 aliphatic rings. The second-order valence-electron chi connectivity index (χ2n) is 5.26. The number of carbonyl (C=O) groups is 2. The number of esters is 2. The zero-order valence-corrected chi connectivity index (χ0v) is 17.8. The van der Waals surface area contributed by atoms with Crippen molar-refractivity contribution in [3.8, 4) is 11.8 Å². The fourth-order valence-corrected chi connectivity index (χ4v) is 3.80. The smallest absolute Gasteiger partial charge is 0.340 e. The third kappa shape index (κ3) is 3.66. The summed E-state index contributed by atoms with van der Waals surface area (Å²) in [6.45, 7) is 3.48. The average molecular weight is 535 g/mol. The fourth-order valence-electron chi connectivity index (χ4n) is 2.61. The van der Waals surface area contributed by atoms with Crippen LogP contribution in [0.1, 0.15) is 25.3 Å². The van der Waals surface area contributed by atoms with Gasteiger partial charge in [-0.2, -0.15) is 5.26 Å². The van der Waals surface area contributed by atoms with E-state index in [1.54, 1.807) is 54.6 Å². The van der Waals surface area contributed by atoms with Crippen molar-refractivity contribution in [1.82, 2.24) is 0 Å². The van der Waals surface area contributed by atoms with Crippen molar-refractivity contribution in [1.29, 1.82) is 5.26 Å². The first-order valence-corrected chi connectivity index (χ1v) is 9.58. The van der Waals surface area contributed by atoms with E-state index in [1.165, 1.54) is 0 Å². The molecular weight excluding hydrogens is 519 g/mol. The van der Waals surface area contributed by atoms with E-state index in [-0.39, 0.29) is 24.7 Å². The monoisotopic (exact) mass is 534 g/mol. The highest BCUT2D eigenvalue weighted by atomic mass is 127. The van der Waals surface area contributed by atoms with Crippen molar-refractivity contribution in [2.45, 2.75) is 23.2 Å². The minimum Gasteiger partial charge on any atom is -0.464 e. The Morgan fingerprint density at radius 3 is 2.62 bits per heavy atom. The number of nitrogens with zero attached hydrogens (tertiary/aromatic N) is 1. The number of hydrogen-bond acceptors (Lipinski definition) is 7. The molecule has 0 radical (unpaired) electrons. The first kappa shape index (κ1) is 20.5. The summed E-state index contributed by atoms with van der Waals surface area (Å²) in [5, 5.41) is 9.82. The van der Waals surface area contributed by atoms with E-state index >= 15 is 0 Å². The van der Waals surface area contributed by atoms with Gasteiger partial charge in [-0.15, -0.1) is 0 Å². The Morgan fingerprint density at radius 1 is 1.38 bits per heavy atom. The van der Waals surface area contributed by atoms with Crippen LogP contribution in [-0.2, 0) is 19.1 Å². The summed E-state index contributed by atoms with van der Waals surface area (Å²) < 4.78 is 14.7. The summed E-state index contributed by atoms with van der Waals surface area (Å²) in [4.78, 5) is 25.1. The van der Waals surface area contributed by atoms with Crippen molar-refractivity contribution in [3.63, 3.8) is 0 Å². The molecule has 0 saturated heterocycles. The Bertz CT molecular complexity index is 820. The van der Waals surface area contributed by atoms with E-state index < -0.39 is 21.3 Å². The summed E-state index contributed by atoms with van der Waals surface area (Å²) in [5.41, 5.74) is 6.34. The molecule has 2 rings (SSSR count). The van der Waals surface area contributed by atoms with Crippen LogP contribution < -0.4 is 10.5 Å². The molecule has 0 spiro atoms. The molecule has 2 atom stereocenters. The molecule has 1 aromatic carbocycles. The number of nitrogens with two attached hydrogens (primary N) is 1. The van der Waals surface area contributed by atoms with Crippen molar-refractivity contribution in [2.75, 3.05) is 13.2 Å². The van der Waals surface area contributed by atoms with Crippen molar-refractivity contribution >= 4 is 50.5 Å². The minimum absolute atomic E-state index is 0.0820. The lowest BCUT2D eigenvalue weighted by atomic mass is 9.79. The molecule has 26 heavy (non-hydrogen) atoms. The molecule has 1 heterocycles. The molecule has 0 aromatic heterocycles. The van der Waals surface area contributed by atoms with Crippen LogP contribution in [0.5, 0.6) is 5.75 Å². The SMILES string of the molecule is CCOC(=O)C1=C(N)Oc2ccc(Br)cc2C1C(I)(C#N)C(=O)OCC. The van der Waals surface area contributed by atoms with E-state index in [1.807, 2.05) is 6.07 Å². The van der Waals surface area contributed by atoms with Crippen LogP contribution in [-0.4, -0.2) is 28.6 Å². The normalized spacial score (nSPS) is 18.0. The van der Waals surface area contributed by atoms with Crippen LogP contribution >= 0.6 is 38.5 Å². The predicted molar refractivity (Wildman–Crippen MR) is 104 cm³/mol. The summed E-state index contributed by atoms with van der Waals surface area (Å²) in [6.07, 6.45) is 0. The largest absolute Gasteiger partial charge is 0.464 e. The van der Waals surface area contributed by atoms with Gasteiger partial charge in [-0.25, -0.2) is 9.59 Å². The van der Waals surface area contributed by atoms with Gasteiger partial charge in [0.05, 0.1) is 25.2 Å². The number of nitriles is 1. The molecule has 7 nitrogen and oxygen atoms in total. The van der Waals surface area contributed by atoms with Crippen LogP contribution in [0.25, 0.3) is 0 Å². The number of alkyl halides is 1. The molecule has 0 amide bonds. The number of fused-ring (bicyclic) bond motifs is 1. The van der Waals surface area contributed by atoms with Gasteiger partial charge in [-0.1, -0.05) is 15.9 Å². The van der Waals surface area contributed by atoms with Gasteiger partial charge in [0.2, 0.25) is 9.30 Å². The maximum Gasteiger partial charge on any atom is 0.340 e. The second kappa shape index (κ2) is 8.26. The zero-order chi connectivity index (χ0) is 19.5. The molecule has 0 aliphatic carbocycles. The number of rotatable bonds is 5. The fraction of sp³-hybridized carbons (Fsp3) is 0.353. The lowest BCUT2D eigenvalue weighted by molar-refractivity contribution is -0.144. The highest BCUT2D eigenvalue weighted by molar-refractivity contribution is 14.1. The van der Waals surface area contributed by atoms with Crippen LogP contribution in [0.3, 0.4) is 0 Å². The lowest BCUT2D eigenvalue weighted by Crippen LogP contribution is -2.43. The topological polar surface area (TPSA) is 112 Å². The molecule has 1 aliphatic heterocycles. The van der Waals surface area contributed by atoms with Crippen LogP contribution in [0, 0.1) is 11.3 Å². The van der Waals surface area contributed by atoms with Crippen molar-refractivity contribution in [2.24, 2.45) is 5.73 Å². The third-order valence-electron chi connectivity index (χ3n) is 3.69. The number of ether oxygens (including phenoxy) is 3. The standard InChI is InChI=1S/C17H16BrIN2O5/c1-3-24-15(22)12-13(17(19,8-20)16(23)25-4-2)10-7-9(18)5-6-11(10)26-14(12)21/h5-7,13H,3-4,21H2,1-2H3. The van der Waals surface area contributed by atoms with Gasteiger partial charge in [0.1, 0.15) is 11.3 Å². The maximum absolute atomic E-state index is 12.6. The van der Waals surface area contributed by atoms with Crippen molar-refractivity contribution < 1.29 is 23.8 Å². The van der Waals surface area contributed by atoms with Crippen LogP contribution in [0.2, 0.25) is 0 Å². The highest BCUT2D eigenvalue weighted by Crippen LogP contribution is 2.49. The zero-order valence-electron chi connectivity index (χ0n) is 14.0. The number of halogens is 2. The average Bonchev–Trinajstić information content (AvgIpc) is 2.60. The molecule has 0 fully saturated rings. The van der Waals surface area contributed by atoms with E-state index in [2.05, 4.69) is 15.9 Å². The molecular formula is C17H16BrIN2O5. The Hall–Kier alpha value is -1.80. The maximum atomic E-state index is 12.6. The Balaban J connectivity index is 2.74. The summed E-state index contributed by atoms with van der Waals surface area (Å²) in [5.74, 6) is -2.39. The van der Waals surface area contributed by atoms with E-state index in [0.717, 1.165) is 0 Å². The van der Waals surface area contributed by atoms with Gasteiger partial charge in [-0.3, -0.25) is 0 Å². The van der Waals surface area contributed by atoms with Gasteiger partial charge < -0.3 is 19.9 Å². The molecule has 9 heteroatoms. The number of hydrogen-bond donors (Lipinski definition) is 1. The summed E-state index contributed by atoms with van der Waals surface area (Å²) in [6, 6.07) is 7.03. The Morgan fingerprint density at radius 2 is 2.04 bits per heavy atom. The quantitative estimate of drug-likeness (QED) is 0.351. The number of carbonyl (C=O) groups excluding carboxylic acids is 2. The van der Waals surface area contributed by atoms with Gasteiger partial charge in [0, 0.05) is 10.0 Å². The molecule has 0 bridgehead atoms. The first-order chi connectivity index (χ1) is 12.3. The Labute approximate surface area is 172 Å².